The van der Waals surface area contributed by atoms with Crippen molar-refractivity contribution in [2.75, 3.05) is 12.3 Å². The molecule has 0 bridgehead atoms. The van der Waals surface area contributed by atoms with E-state index in [9.17, 15) is 10.2 Å². The maximum Gasteiger partial charge on any atom is 0.128 e. The Kier molecular flexibility index (Phi) is 5.54. The lowest BCUT2D eigenvalue weighted by Crippen LogP contribution is -2.38. The number of aromatic hydroxyl groups is 1. The molecule has 1 aliphatic rings. The molecule has 0 saturated heterocycles. The van der Waals surface area contributed by atoms with Crippen LogP contribution in [-0.4, -0.2) is 23.0 Å². The van der Waals surface area contributed by atoms with E-state index in [-0.39, 0.29) is 24.3 Å². The molecule has 6 heteroatoms. The maximum atomic E-state index is 10.2. The molecule has 3 atom stereocenters. The van der Waals surface area contributed by atoms with Crippen molar-refractivity contribution in [3.8, 4) is 17.2 Å². The van der Waals surface area contributed by atoms with Crippen LogP contribution in [0.3, 0.4) is 0 Å². The molecule has 0 amide bonds. The van der Waals surface area contributed by atoms with Gasteiger partial charge in [-0.05, 0) is 36.6 Å². The van der Waals surface area contributed by atoms with Gasteiger partial charge in [0.1, 0.15) is 36.7 Å². The quantitative estimate of drug-likeness (QED) is 0.449. The Morgan fingerprint density at radius 1 is 1.31 bits per heavy atom. The molecular formula is C20H26N2O4. The number of ether oxygens (including phenoxy) is 2. The summed E-state index contributed by atoms with van der Waals surface area (Å²) in [5.41, 5.74) is 7.81. The number of rotatable bonds is 7. The zero-order chi connectivity index (χ0) is 18.7. The topological polar surface area (TPSA) is 97.0 Å². The normalized spacial score (nSPS) is 18.0. The molecule has 1 heterocycles. The van der Waals surface area contributed by atoms with E-state index in [1.807, 2.05) is 25.1 Å². The Balaban J connectivity index is 1.64. The maximum absolute atomic E-state index is 10.2. The van der Waals surface area contributed by atoms with E-state index < -0.39 is 6.23 Å². The van der Waals surface area contributed by atoms with E-state index in [0.29, 0.717) is 23.6 Å². The van der Waals surface area contributed by atoms with Crippen LogP contribution in [-0.2, 0) is 6.61 Å². The molecule has 0 aliphatic carbocycles. The van der Waals surface area contributed by atoms with Gasteiger partial charge in [0, 0.05) is 28.9 Å². The summed E-state index contributed by atoms with van der Waals surface area (Å²) in [6.45, 7) is 4.78. The van der Waals surface area contributed by atoms with Gasteiger partial charge in [-0.15, -0.1) is 0 Å². The highest BCUT2D eigenvalue weighted by Crippen LogP contribution is 2.36. The third kappa shape index (κ3) is 4.03. The van der Waals surface area contributed by atoms with Crippen molar-refractivity contribution in [3.05, 3.63) is 47.5 Å². The summed E-state index contributed by atoms with van der Waals surface area (Å²) in [6, 6.07) is 10.6. The fourth-order valence-electron chi connectivity index (χ4n) is 2.88. The first-order chi connectivity index (χ1) is 12.5. The van der Waals surface area contributed by atoms with E-state index in [0.717, 1.165) is 17.7 Å². The van der Waals surface area contributed by atoms with Crippen LogP contribution in [0.1, 0.15) is 37.4 Å². The second-order valence-electron chi connectivity index (χ2n) is 6.74. The Labute approximate surface area is 153 Å². The lowest BCUT2D eigenvalue weighted by atomic mass is 10.0. The second kappa shape index (κ2) is 7.85. The summed E-state index contributed by atoms with van der Waals surface area (Å²) in [6.07, 6.45) is 0.336. The van der Waals surface area contributed by atoms with Gasteiger partial charge >= 0.3 is 0 Å². The van der Waals surface area contributed by atoms with E-state index in [4.69, 9.17) is 15.2 Å². The molecule has 2 aromatic rings. The predicted molar refractivity (Wildman–Crippen MR) is 100 cm³/mol. The van der Waals surface area contributed by atoms with Crippen LogP contribution in [0.25, 0.3) is 0 Å². The molecule has 1 aliphatic heterocycles. The van der Waals surface area contributed by atoms with Gasteiger partial charge < -0.3 is 25.4 Å². The van der Waals surface area contributed by atoms with Crippen LogP contribution < -0.4 is 20.5 Å². The number of nitrogens with two attached hydrogens (primary N) is 1. The standard InChI is InChI=1S/C20H26N2O4/c1-3-12(2)20(24)22-17-11-26-19-9-15(6-7-16(17)19)25-10-13-4-5-14(21)8-18(13)23/h4-9,12,17,20,22-24H,3,10-11,21H2,1-2H3. The Morgan fingerprint density at radius 2 is 2.12 bits per heavy atom. The molecule has 0 saturated carbocycles. The fraction of sp³-hybridized carbons (Fsp3) is 0.400. The van der Waals surface area contributed by atoms with Gasteiger partial charge in [-0.3, -0.25) is 5.32 Å². The summed E-state index contributed by atoms with van der Waals surface area (Å²) < 4.78 is 11.5. The van der Waals surface area contributed by atoms with E-state index in [2.05, 4.69) is 12.2 Å². The largest absolute Gasteiger partial charge is 0.507 e. The van der Waals surface area contributed by atoms with Crippen molar-refractivity contribution in [3.63, 3.8) is 0 Å². The fourth-order valence-corrected chi connectivity index (χ4v) is 2.88. The van der Waals surface area contributed by atoms with Crippen molar-refractivity contribution in [2.45, 2.75) is 39.1 Å². The molecule has 0 radical (unpaired) electrons. The van der Waals surface area contributed by atoms with Crippen LogP contribution >= 0.6 is 0 Å². The first-order valence-electron chi connectivity index (χ1n) is 8.89. The van der Waals surface area contributed by atoms with Gasteiger partial charge in [0.25, 0.3) is 0 Å². The zero-order valence-corrected chi connectivity index (χ0v) is 15.1. The van der Waals surface area contributed by atoms with Gasteiger partial charge in [0.15, 0.2) is 0 Å². The average molecular weight is 358 g/mol. The van der Waals surface area contributed by atoms with Gasteiger partial charge in [0.05, 0.1) is 6.04 Å². The molecule has 140 valence electrons. The number of hydrogen-bond donors (Lipinski definition) is 4. The summed E-state index contributed by atoms with van der Waals surface area (Å²) in [5, 5.41) is 23.3. The van der Waals surface area contributed by atoms with Gasteiger partial charge in [-0.1, -0.05) is 13.8 Å². The molecule has 0 aromatic heterocycles. The smallest absolute Gasteiger partial charge is 0.128 e. The Hall–Kier alpha value is -2.44. The highest BCUT2D eigenvalue weighted by Gasteiger charge is 2.27. The summed E-state index contributed by atoms with van der Waals surface area (Å²) in [5.74, 6) is 1.70. The van der Waals surface area contributed by atoms with Crippen LogP contribution in [0, 0.1) is 5.92 Å². The van der Waals surface area contributed by atoms with Crippen LogP contribution in [0.2, 0.25) is 0 Å². The van der Waals surface area contributed by atoms with Gasteiger partial charge in [0.2, 0.25) is 0 Å². The molecule has 3 rings (SSSR count). The Morgan fingerprint density at radius 3 is 2.85 bits per heavy atom. The summed E-state index contributed by atoms with van der Waals surface area (Å²) >= 11 is 0. The number of fused-ring (bicyclic) bond motifs is 1. The molecule has 3 unspecified atom stereocenters. The van der Waals surface area contributed by atoms with Crippen LogP contribution in [0.5, 0.6) is 17.2 Å². The monoisotopic (exact) mass is 358 g/mol. The SMILES string of the molecule is CCC(C)C(O)NC1COc2cc(OCc3ccc(N)cc3O)ccc21. The lowest BCUT2D eigenvalue weighted by Gasteiger charge is -2.22. The van der Waals surface area contributed by atoms with Crippen molar-refractivity contribution >= 4 is 5.69 Å². The molecular weight excluding hydrogens is 332 g/mol. The highest BCUT2D eigenvalue weighted by atomic mass is 16.5. The van der Waals surface area contributed by atoms with Crippen molar-refractivity contribution in [1.29, 1.82) is 0 Å². The summed E-state index contributed by atoms with van der Waals surface area (Å²) in [4.78, 5) is 0. The molecule has 26 heavy (non-hydrogen) atoms. The molecule has 2 aromatic carbocycles. The number of benzene rings is 2. The van der Waals surface area contributed by atoms with E-state index in [1.54, 1.807) is 12.1 Å². The number of phenols is 1. The number of nitrogens with one attached hydrogen (secondary N) is 1. The highest BCUT2D eigenvalue weighted by molar-refractivity contribution is 5.48. The van der Waals surface area contributed by atoms with Gasteiger partial charge in [-0.2, -0.15) is 0 Å². The number of aliphatic hydroxyl groups is 1. The number of phenolic OH excluding ortho intramolecular Hbond substituents is 1. The number of aliphatic hydroxyl groups excluding tert-OH is 1. The van der Waals surface area contributed by atoms with E-state index >= 15 is 0 Å². The van der Waals surface area contributed by atoms with E-state index in [1.165, 1.54) is 6.07 Å². The number of hydrogen-bond acceptors (Lipinski definition) is 6. The van der Waals surface area contributed by atoms with Crippen molar-refractivity contribution in [1.82, 2.24) is 5.32 Å². The van der Waals surface area contributed by atoms with Crippen molar-refractivity contribution < 1.29 is 19.7 Å². The van der Waals surface area contributed by atoms with Crippen LogP contribution in [0.15, 0.2) is 36.4 Å². The first kappa shape index (κ1) is 18.4. The molecule has 5 N–H and O–H groups in total. The van der Waals surface area contributed by atoms with Crippen LogP contribution in [0.4, 0.5) is 5.69 Å². The second-order valence-corrected chi connectivity index (χ2v) is 6.74. The lowest BCUT2D eigenvalue weighted by molar-refractivity contribution is 0.0646. The zero-order valence-electron chi connectivity index (χ0n) is 15.1. The number of anilines is 1. The minimum absolute atomic E-state index is 0.0378. The third-order valence-electron chi connectivity index (χ3n) is 4.82. The third-order valence-corrected chi connectivity index (χ3v) is 4.82. The van der Waals surface area contributed by atoms with Crippen molar-refractivity contribution in [2.24, 2.45) is 5.92 Å². The molecule has 6 nitrogen and oxygen atoms in total. The number of nitrogen functional groups attached to an aromatic ring is 1. The minimum atomic E-state index is -0.566. The summed E-state index contributed by atoms with van der Waals surface area (Å²) in [7, 11) is 0. The Bertz CT molecular complexity index is 765. The average Bonchev–Trinajstić information content (AvgIpc) is 3.02. The van der Waals surface area contributed by atoms with Gasteiger partial charge in [-0.25, -0.2) is 0 Å². The minimum Gasteiger partial charge on any atom is -0.507 e. The first-order valence-corrected chi connectivity index (χ1v) is 8.89. The predicted octanol–water partition coefficient (Wildman–Crippen LogP) is 2.94. The molecule has 0 fully saturated rings. The molecule has 0 spiro atoms.